The molecule has 0 radical (unpaired) electrons. The van der Waals surface area contributed by atoms with Gasteiger partial charge in [0.25, 0.3) is 0 Å². The summed E-state index contributed by atoms with van der Waals surface area (Å²) in [6.07, 6.45) is 2.47. The number of rotatable bonds is 7. The summed E-state index contributed by atoms with van der Waals surface area (Å²) < 4.78 is 16.2. The maximum atomic E-state index is 12.4. The minimum atomic E-state index is -0.878. The molecule has 0 saturated carbocycles. The summed E-state index contributed by atoms with van der Waals surface area (Å²) in [5.74, 6) is 1.13. The molecule has 3 heterocycles. The Bertz CT molecular complexity index is 1360. The molecular weight excluding hydrogens is 454 g/mol. The average molecular weight is 480 g/mol. The fourth-order valence-electron chi connectivity index (χ4n) is 4.56. The molecule has 5 rings (SSSR count). The molecule has 4 aromatic rings. The van der Waals surface area contributed by atoms with Gasteiger partial charge < -0.3 is 24.3 Å². The minimum Gasteiger partial charge on any atom is -0.495 e. The van der Waals surface area contributed by atoms with Gasteiger partial charge in [0.05, 0.1) is 32.5 Å². The van der Waals surface area contributed by atoms with Crippen molar-refractivity contribution in [1.29, 1.82) is 0 Å². The van der Waals surface area contributed by atoms with Crippen LogP contribution >= 0.6 is 11.3 Å². The number of fused-ring (bicyclic) bond motifs is 2. The van der Waals surface area contributed by atoms with Crippen LogP contribution in [0.4, 0.5) is 0 Å². The molecule has 176 valence electrons. The van der Waals surface area contributed by atoms with E-state index in [2.05, 4.69) is 4.98 Å². The normalized spacial score (nSPS) is 14.6. The van der Waals surface area contributed by atoms with Gasteiger partial charge in [-0.2, -0.15) is 0 Å². The van der Waals surface area contributed by atoms with E-state index < -0.39 is 12.0 Å². The van der Waals surface area contributed by atoms with Crippen LogP contribution in [0.2, 0.25) is 0 Å². The van der Waals surface area contributed by atoms with Crippen molar-refractivity contribution in [1.82, 2.24) is 14.9 Å². The highest BCUT2D eigenvalue weighted by atomic mass is 32.1. The number of nitrogens with zero attached hydrogens (tertiary/aromatic N) is 2. The number of carboxylic acids is 1. The molecule has 2 N–H and O–H groups in total. The zero-order valence-corrected chi connectivity index (χ0v) is 19.9. The number of para-hydroxylation sites is 1. The first-order valence-corrected chi connectivity index (χ1v) is 11.7. The van der Waals surface area contributed by atoms with Gasteiger partial charge in [0.2, 0.25) is 0 Å². The quantitative estimate of drug-likeness (QED) is 0.403. The SMILES string of the molecule is COc1ccc(-c2nc3c(s2)CN([C@H](C(=O)O)c2c[nH]c4c(OC)cccc24)CC3)cc1OC. The van der Waals surface area contributed by atoms with E-state index >= 15 is 0 Å². The molecule has 1 aliphatic rings. The zero-order valence-electron chi connectivity index (χ0n) is 19.1. The lowest BCUT2D eigenvalue weighted by atomic mass is 10.0. The number of aromatic amines is 1. The van der Waals surface area contributed by atoms with Crippen LogP contribution in [-0.2, 0) is 17.8 Å². The van der Waals surface area contributed by atoms with Gasteiger partial charge in [-0.15, -0.1) is 11.3 Å². The van der Waals surface area contributed by atoms with E-state index in [9.17, 15) is 9.90 Å². The van der Waals surface area contributed by atoms with Gasteiger partial charge in [-0.05, 0) is 24.3 Å². The number of methoxy groups -OCH3 is 3. The molecule has 34 heavy (non-hydrogen) atoms. The Morgan fingerprint density at radius 1 is 1.12 bits per heavy atom. The summed E-state index contributed by atoms with van der Waals surface area (Å²) in [4.78, 5) is 23.6. The lowest BCUT2D eigenvalue weighted by Crippen LogP contribution is -2.37. The van der Waals surface area contributed by atoms with E-state index in [1.807, 2.05) is 41.3 Å². The maximum Gasteiger partial charge on any atom is 0.325 e. The first kappa shape index (κ1) is 22.2. The van der Waals surface area contributed by atoms with Crippen molar-refractivity contribution in [3.05, 3.63) is 58.7 Å². The van der Waals surface area contributed by atoms with E-state index in [-0.39, 0.29) is 0 Å². The van der Waals surface area contributed by atoms with Crippen LogP contribution in [0.25, 0.3) is 21.5 Å². The number of hydrogen-bond acceptors (Lipinski definition) is 7. The predicted molar refractivity (Wildman–Crippen MR) is 130 cm³/mol. The number of carbonyl (C=O) groups is 1. The van der Waals surface area contributed by atoms with E-state index in [1.165, 1.54) is 0 Å². The standard InChI is InChI=1S/C25H25N3O5S/c1-31-18-8-7-14(11-20(18)33-3)24-27-17-9-10-28(13-21(17)34-24)23(25(29)30)16-12-26-22-15(16)5-4-6-19(22)32-2/h4-8,11-12,23,26H,9-10,13H2,1-3H3,(H,29,30)/t23-/m0/s1. The molecule has 1 aliphatic heterocycles. The molecule has 0 fully saturated rings. The number of carboxylic acid groups (broad SMARTS) is 1. The molecule has 2 aromatic carbocycles. The maximum absolute atomic E-state index is 12.4. The van der Waals surface area contributed by atoms with Crippen LogP contribution in [0.5, 0.6) is 17.2 Å². The zero-order chi connectivity index (χ0) is 23.8. The molecule has 9 heteroatoms. The summed E-state index contributed by atoms with van der Waals surface area (Å²) in [5, 5.41) is 11.9. The van der Waals surface area contributed by atoms with Crippen LogP contribution in [0.3, 0.4) is 0 Å². The molecule has 0 saturated heterocycles. The number of hydrogen-bond donors (Lipinski definition) is 2. The van der Waals surface area contributed by atoms with Gasteiger partial charge in [0, 0.05) is 47.1 Å². The Balaban J connectivity index is 1.46. The minimum absolute atomic E-state index is 0.522. The Morgan fingerprint density at radius 3 is 2.65 bits per heavy atom. The average Bonchev–Trinajstić information content (AvgIpc) is 3.48. The highest BCUT2D eigenvalue weighted by Crippen LogP contribution is 2.39. The van der Waals surface area contributed by atoms with Gasteiger partial charge in [-0.3, -0.25) is 9.69 Å². The number of H-pyrrole nitrogens is 1. The van der Waals surface area contributed by atoms with E-state index in [4.69, 9.17) is 19.2 Å². The van der Waals surface area contributed by atoms with Crippen molar-refractivity contribution in [2.45, 2.75) is 19.0 Å². The molecule has 0 spiro atoms. The number of aliphatic carboxylic acids is 1. The molecule has 0 unspecified atom stereocenters. The number of nitrogens with one attached hydrogen (secondary N) is 1. The Morgan fingerprint density at radius 2 is 1.91 bits per heavy atom. The van der Waals surface area contributed by atoms with Crippen LogP contribution < -0.4 is 14.2 Å². The smallest absolute Gasteiger partial charge is 0.325 e. The summed E-state index contributed by atoms with van der Waals surface area (Å²) in [5.41, 5.74) is 3.50. The molecule has 0 amide bonds. The Kier molecular flexibility index (Phi) is 5.89. The fraction of sp³-hybridized carbons (Fsp3) is 0.280. The molecule has 1 atom stereocenters. The highest BCUT2D eigenvalue weighted by Gasteiger charge is 2.33. The van der Waals surface area contributed by atoms with Crippen LogP contribution in [-0.4, -0.2) is 53.8 Å². The van der Waals surface area contributed by atoms with Crippen molar-refractivity contribution in [2.24, 2.45) is 0 Å². The first-order valence-electron chi connectivity index (χ1n) is 10.9. The fourth-order valence-corrected chi connectivity index (χ4v) is 5.69. The van der Waals surface area contributed by atoms with Gasteiger partial charge >= 0.3 is 5.97 Å². The molecule has 0 bridgehead atoms. The van der Waals surface area contributed by atoms with Crippen LogP contribution in [0, 0.1) is 0 Å². The Hall–Kier alpha value is -3.56. The summed E-state index contributed by atoms with van der Waals surface area (Å²) in [6, 6.07) is 10.6. The lowest BCUT2D eigenvalue weighted by Gasteiger charge is -2.31. The second-order valence-corrected chi connectivity index (χ2v) is 9.13. The van der Waals surface area contributed by atoms with Gasteiger partial charge in [-0.1, -0.05) is 12.1 Å². The topological polar surface area (TPSA) is 96.9 Å². The van der Waals surface area contributed by atoms with Crippen molar-refractivity contribution < 1.29 is 24.1 Å². The number of aromatic nitrogens is 2. The number of benzene rings is 2. The summed E-state index contributed by atoms with van der Waals surface area (Å²) in [7, 11) is 4.82. The molecular formula is C25H25N3O5S. The van der Waals surface area contributed by atoms with Gasteiger partial charge in [-0.25, -0.2) is 4.98 Å². The van der Waals surface area contributed by atoms with E-state index in [1.54, 1.807) is 38.9 Å². The highest BCUT2D eigenvalue weighted by molar-refractivity contribution is 7.15. The Labute approximate surface area is 200 Å². The number of thiazole rings is 1. The third-order valence-corrected chi connectivity index (χ3v) is 7.35. The monoisotopic (exact) mass is 479 g/mol. The third kappa shape index (κ3) is 3.76. The van der Waals surface area contributed by atoms with Crippen molar-refractivity contribution in [3.8, 4) is 27.8 Å². The second-order valence-electron chi connectivity index (χ2n) is 8.05. The van der Waals surface area contributed by atoms with Crippen LogP contribution in [0.1, 0.15) is 22.2 Å². The molecule has 2 aromatic heterocycles. The molecule has 8 nitrogen and oxygen atoms in total. The third-order valence-electron chi connectivity index (χ3n) is 6.21. The van der Waals surface area contributed by atoms with Crippen molar-refractivity contribution in [2.75, 3.05) is 27.9 Å². The van der Waals surface area contributed by atoms with Gasteiger partial charge in [0.15, 0.2) is 11.5 Å². The predicted octanol–water partition coefficient (Wildman–Crippen LogP) is 4.50. The largest absolute Gasteiger partial charge is 0.495 e. The van der Waals surface area contributed by atoms with Crippen LogP contribution in [0.15, 0.2) is 42.6 Å². The lowest BCUT2D eigenvalue weighted by molar-refractivity contribution is -0.144. The first-order chi connectivity index (χ1) is 16.5. The number of ether oxygens (including phenoxy) is 3. The molecule has 0 aliphatic carbocycles. The van der Waals surface area contributed by atoms with Gasteiger partial charge in [0.1, 0.15) is 16.8 Å². The summed E-state index contributed by atoms with van der Waals surface area (Å²) >= 11 is 1.59. The second kappa shape index (κ2) is 9.00. The van der Waals surface area contributed by atoms with E-state index in [0.29, 0.717) is 36.8 Å². The van der Waals surface area contributed by atoms with Crippen molar-refractivity contribution in [3.63, 3.8) is 0 Å². The summed E-state index contributed by atoms with van der Waals surface area (Å²) in [6.45, 7) is 1.13. The van der Waals surface area contributed by atoms with E-state index in [0.717, 1.165) is 37.6 Å². The van der Waals surface area contributed by atoms with Crippen molar-refractivity contribution >= 4 is 28.2 Å².